The first-order valence-corrected chi connectivity index (χ1v) is 13.2. The van der Waals surface area contributed by atoms with Crippen molar-refractivity contribution in [3.05, 3.63) is 59.7 Å². The van der Waals surface area contributed by atoms with Gasteiger partial charge in [0, 0.05) is 19.6 Å². The number of alkyl halides is 1. The molecule has 4 rings (SSSR count). The molecule has 0 atom stereocenters. The summed E-state index contributed by atoms with van der Waals surface area (Å²) < 4.78 is 54.8. The third-order valence-corrected chi connectivity index (χ3v) is 9.80. The molecule has 0 N–H and O–H groups in total. The molecule has 30 heavy (non-hydrogen) atoms. The molecule has 10 heteroatoms. The Hall–Kier alpha value is -1.30. The quantitative estimate of drug-likeness (QED) is 0.586. The number of fused-ring (bicyclic) bond motifs is 2. The molecule has 2 aliphatic heterocycles. The highest BCUT2D eigenvalue weighted by molar-refractivity contribution is 9.10. The first-order chi connectivity index (χ1) is 14.0. The van der Waals surface area contributed by atoms with Crippen molar-refractivity contribution in [1.82, 2.24) is 13.5 Å². The minimum atomic E-state index is -3.68. The smallest absolute Gasteiger partial charge is 0.244 e. The SMILES string of the molecule is Cc1ccc(S(=O)(=O)N2CN3CN(S(=O)(=O)c4ccc(C)cc4)CC(Br)(C3)C2)cc1. The van der Waals surface area contributed by atoms with Crippen molar-refractivity contribution >= 4 is 36.0 Å². The number of sulfonamides is 2. The van der Waals surface area contributed by atoms with Crippen LogP contribution in [0, 0.1) is 13.8 Å². The van der Waals surface area contributed by atoms with Crippen LogP contribution in [0.15, 0.2) is 58.3 Å². The highest BCUT2D eigenvalue weighted by Crippen LogP contribution is 2.35. The average Bonchev–Trinajstić information content (AvgIpc) is 2.67. The Kier molecular flexibility index (Phi) is 5.61. The van der Waals surface area contributed by atoms with E-state index in [-0.39, 0.29) is 36.2 Å². The summed E-state index contributed by atoms with van der Waals surface area (Å²) in [6, 6.07) is 13.5. The summed E-state index contributed by atoms with van der Waals surface area (Å²) in [4.78, 5) is 2.34. The molecule has 2 aliphatic rings. The molecular formula is C20H24BrN3O4S2. The molecule has 2 heterocycles. The van der Waals surface area contributed by atoms with Crippen molar-refractivity contribution in [3.8, 4) is 0 Å². The maximum atomic E-state index is 13.2. The fraction of sp³-hybridized carbons (Fsp3) is 0.400. The molecule has 2 aromatic rings. The number of benzene rings is 2. The van der Waals surface area contributed by atoms with Crippen molar-refractivity contribution in [2.75, 3.05) is 33.0 Å². The van der Waals surface area contributed by atoms with Crippen LogP contribution in [0.25, 0.3) is 0 Å². The van der Waals surface area contributed by atoms with Crippen LogP contribution in [-0.2, 0) is 20.0 Å². The molecular weight excluding hydrogens is 490 g/mol. The van der Waals surface area contributed by atoms with Crippen LogP contribution >= 0.6 is 15.9 Å². The second-order valence-electron chi connectivity index (χ2n) is 8.12. The maximum absolute atomic E-state index is 13.2. The molecule has 2 aromatic carbocycles. The van der Waals surface area contributed by atoms with Crippen LogP contribution in [0.5, 0.6) is 0 Å². The fourth-order valence-corrected chi connectivity index (χ4v) is 8.23. The van der Waals surface area contributed by atoms with Crippen LogP contribution < -0.4 is 0 Å². The van der Waals surface area contributed by atoms with Crippen molar-refractivity contribution in [3.63, 3.8) is 0 Å². The van der Waals surface area contributed by atoms with Crippen LogP contribution in [0.1, 0.15) is 11.1 Å². The zero-order valence-electron chi connectivity index (χ0n) is 16.8. The van der Waals surface area contributed by atoms with Crippen molar-refractivity contribution in [2.45, 2.75) is 28.0 Å². The van der Waals surface area contributed by atoms with Gasteiger partial charge in [-0.25, -0.2) is 16.8 Å². The predicted molar refractivity (Wildman–Crippen MR) is 118 cm³/mol. The van der Waals surface area contributed by atoms with E-state index in [1.165, 1.54) is 8.61 Å². The minimum Gasteiger partial charge on any atom is -0.274 e. The summed E-state index contributed by atoms with van der Waals surface area (Å²) in [6.07, 6.45) is 0. The lowest BCUT2D eigenvalue weighted by Crippen LogP contribution is -2.68. The van der Waals surface area contributed by atoms with E-state index >= 15 is 0 Å². The van der Waals surface area contributed by atoms with Gasteiger partial charge in [-0.3, -0.25) is 4.90 Å². The van der Waals surface area contributed by atoms with E-state index in [0.29, 0.717) is 6.54 Å². The highest BCUT2D eigenvalue weighted by atomic mass is 79.9. The van der Waals surface area contributed by atoms with Gasteiger partial charge in [0.1, 0.15) is 0 Å². The van der Waals surface area contributed by atoms with E-state index < -0.39 is 24.4 Å². The first-order valence-electron chi connectivity index (χ1n) is 9.55. The Bertz CT molecular complexity index is 1060. The summed E-state index contributed by atoms with van der Waals surface area (Å²) in [5.74, 6) is 0. The summed E-state index contributed by atoms with van der Waals surface area (Å²) in [5.41, 5.74) is 1.98. The molecule has 0 spiro atoms. The van der Waals surface area contributed by atoms with Gasteiger partial charge in [-0.15, -0.1) is 0 Å². The van der Waals surface area contributed by atoms with Gasteiger partial charge in [0.15, 0.2) is 0 Å². The molecule has 2 bridgehead atoms. The molecule has 0 aromatic heterocycles. The molecule has 0 aliphatic carbocycles. The molecule has 162 valence electrons. The topological polar surface area (TPSA) is 78.0 Å². The Labute approximate surface area is 186 Å². The lowest BCUT2D eigenvalue weighted by molar-refractivity contribution is 0.0389. The maximum Gasteiger partial charge on any atom is 0.244 e. The van der Waals surface area contributed by atoms with Gasteiger partial charge in [0.2, 0.25) is 20.0 Å². The molecule has 2 saturated heterocycles. The molecule has 0 unspecified atom stereocenters. The zero-order valence-corrected chi connectivity index (χ0v) is 20.0. The lowest BCUT2D eigenvalue weighted by atomic mass is 10.1. The van der Waals surface area contributed by atoms with Gasteiger partial charge in [0.05, 0.1) is 27.5 Å². The molecule has 0 amide bonds. The second kappa shape index (κ2) is 7.68. The van der Waals surface area contributed by atoms with Crippen molar-refractivity contribution in [2.24, 2.45) is 0 Å². The monoisotopic (exact) mass is 513 g/mol. The molecule has 7 nitrogen and oxygen atoms in total. The molecule has 0 saturated carbocycles. The van der Waals surface area contributed by atoms with Crippen LogP contribution in [0.4, 0.5) is 0 Å². The third-order valence-electron chi connectivity index (χ3n) is 5.46. The van der Waals surface area contributed by atoms with Gasteiger partial charge < -0.3 is 0 Å². The van der Waals surface area contributed by atoms with Crippen LogP contribution in [-0.4, -0.2) is 67.6 Å². The van der Waals surface area contributed by atoms with E-state index in [2.05, 4.69) is 15.9 Å². The van der Waals surface area contributed by atoms with Crippen LogP contribution in [0.3, 0.4) is 0 Å². The van der Waals surface area contributed by atoms with Gasteiger partial charge in [-0.1, -0.05) is 51.3 Å². The van der Waals surface area contributed by atoms with E-state index in [9.17, 15) is 16.8 Å². The number of nitrogens with zero attached hydrogens (tertiary/aromatic N) is 3. The first kappa shape index (κ1) is 21.9. The van der Waals surface area contributed by atoms with Gasteiger partial charge >= 0.3 is 0 Å². The minimum absolute atomic E-state index is 0.142. The highest BCUT2D eigenvalue weighted by Gasteiger charge is 2.48. The van der Waals surface area contributed by atoms with E-state index in [1.54, 1.807) is 48.5 Å². The molecule has 0 radical (unpaired) electrons. The summed E-state index contributed by atoms with van der Waals surface area (Å²) >= 11 is 3.67. The Balaban J connectivity index is 1.58. The van der Waals surface area contributed by atoms with E-state index in [1.807, 2.05) is 18.7 Å². The Morgan fingerprint density at radius 2 is 1.07 bits per heavy atom. The number of hydrogen-bond acceptors (Lipinski definition) is 5. The van der Waals surface area contributed by atoms with Crippen LogP contribution in [0.2, 0.25) is 0 Å². The van der Waals surface area contributed by atoms with Crippen molar-refractivity contribution < 1.29 is 16.8 Å². The zero-order chi connectivity index (χ0) is 21.7. The standard InChI is InChI=1S/C20H24BrN3O4S2/c1-16-3-7-18(8-4-16)29(25,26)23-12-20(21)11-22(14-23)15-24(13-20)30(27,28)19-9-5-17(2)6-10-19/h3-10H,11-15H2,1-2H3. The normalized spacial score (nSPS) is 25.9. The van der Waals surface area contributed by atoms with Gasteiger partial charge in [-0.05, 0) is 38.1 Å². The van der Waals surface area contributed by atoms with Gasteiger partial charge in [-0.2, -0.15) is 8.61 Å². The summed E-state index contributed by atoms with van der Waals surface area (Å²) in [6.45, 7) is 5.06. The largest absolute Gasteiger partial charge is 0.274 e. The Morgan fingerprint density at radius 1 is 0.700 bits per heavy atom. The number of aryl methyl sites for hydroxylation is 2. The van der Waals surface area contributed by atoms with Crippen molar-refractivity contribution in [1.29, 1.82) is 0 Å². The van der Waals surface area contributed by atoms with E-state index in [4.69, 9.17) is 0 Å². The number of hydrogen-bond donors (Lipinski definition) is 0. The number of halogens is 1. The lowest BCUT2D eigenvalue weighted by Gasteiger charge is -2.50. The van der Waals surface area contributed by atoms with E-state index in [0.717, 1.165) is 11.1 Å². The summed E-state index contributed by atoms with van der Waals surface area (Å²) in [7, 11) is -7.35. The molecule has 2 fully saturated rings. The summed E-state index contributed by atoms with van der Waals surface area (Å²) in [5, 5.41) is 0. The fourth-order valence-electron chi connectivity index (χ4n) is 3.91. The second-order valence-corrected chi connectivity index (χ2v) is 13.7. The Morgan fingerprint density at radius 3 is 1.40 bits per heavy atom. The average molecular weight is 514 g/mol. The third kappa shape index (κ3) is 4.09. The predicted octanol–water partition coefficient (Wildman–Crippen LogP) is 2.36. The number of rotatable bonds is 4. The van der Waals surface area contributed by atoms with Gasteiger partial charge in [0.25, 0.3) is 0 Å².